The van der Waals surface area contributed by atoms with Crippen LogP contribution in [0.2, 0.25) is 0 Å². The number of rotatable bonds is 4. The summed E-state index contributed by atoms with van der Waals surface area (Å²) < 4.78 is 5.65. The first-order chi connectivity index (χ1) is 22.0. The van der Waals surface area contributed by atoms with E-state index >= 15 is 0 Å². The zero-order valence-corrected chi connectivity index (χ0v) is 28.3. The molecule has 1 spiro atoms. The Morgan fingerprint density at radius 3 is 2.36 bits per heavy atom. The summed E-state index contributed by atoms with van der Waals surface area (Å²) in [5.41, 5.74) is 8.76. The number of amides is 1. The van der Waals surface area contributed by atoms with Crippen molar-refractivity contribution in [3.8, 4) is 0 Å². The Morgan fingerprint density at radius 1 is 1.02 bits per heavy atom. The Balaban J connectivity index is 0.000000963. The summed E-state index contributed by atoms with van der Waals surface area (Å²) in [4.78, 5) is 20.8. The van der Waals surface area contributed by atoms with E-state index in [2.05, 4.69) is 88.6 Å². The molecule has 1 unspecified atom stereocenters. The second-order valence-corrected chi connectivity index (χ2v) is 12.7. The number of fused-ring (bicyclic) bond motifs is 4. The molecule has 0 aromatic heterocycles. The Hall–Kier alpha value is -3.35. The van der Waals surface area contributed by atoms with Gasteiger partial charge in [-0.25, -0.2) is 0 Å². The topological polar surface area (TPSA) is 48.1 Å². The molecule has 5 aliphatic rings. The van der Waals surface area contributed by atoms with E-state index in [0.717, 1.165) is 99.1 Å². The zero-order valence-electron chi connectivity index (χ0n) is 28.3. The van der Waals surface area contributed by atoms with E-state index in [9.17, 15) is 4.79 Å². The van der Waals surface area contributed by atoms with Gasteiger partial charge in [0.15, 0.2) is 0 Å². The Morgan fingerprint density at radius 2 is 1.69 bits per heavy atom. The summed E-state index contributed by atoms with van der Waals surface area (Å²) in [6.07, 6.45) is 8.64. The maximum atomic E-state index is 13.7. The van der Waals surface area contributed by atoms with E-state index < -0.39 is 0 Å². The molecule has 0 radical (unpaired) electrons. The number of allylic oxidation sites excluding steroid dienone is 2. The molecule has 45 heavy (non-hydrogen) atoms. The van der Waals surface area contributed by atoms with Crippen molar-refractivity contribution in [2.75, 3.05) is 43.1 Å². The number of likely N-dealkylation sites (tertiary alicyclic amines) is 1. The second kappa shape index (κ2) is 14.4. The number of benzene rings is 2. The fourth-order valence-electron chi connectivity index (χ4n) is 7.96. The van der Waals surface area contributed by atoms with Crippen LogP contribution in [-0.2, 0) is 11.3 Å². The van der Waals surface area contributed by atoms with Crippen LogP contribution in [0.1, 0.15) is 101 Å². The maximum Gasteiger partial charge on any atom is 0.254 e. The number of carbonyl (C=O) groups excluding carboxylic acids is 1. The van der Waals surface area contributed by atoms with Crippen molar-refractivity contribution in [1.29, 1.82) is 0 Å². The Labute approximate surface area is 271 Å². The Bertz CT molecular complexity index is 1400. The van der Waals surface area contributed by atoms with E-state index in [1.54, 1.807) is 0 Å². The lowest BCUT2D eigenvalue weighted by molar-refractivity contribution is 0.00845. The van der Waals surface area contributed by atoms with E-state index in [1.807, 2.05) is 27.7 Å². The molecule has 0 bridgehead atoms. The van der Waals surface area contributed by atoms with Crippen LogP contribution >= 0.6 is 0 Å². The SMILES string of the molecule is C=C1Nc2cc3c(cc2N(C(=C)C2CCOCC2)/C1=C\C)C1CC2(CCN(Cc4ccccc4)CC2)CCN1C3=O.CC.CC. The number of hydrogen-bond acceptors (Lipinski definition) is 5. The first kappa shape index (κ1) is 33.0. The minimum atomic E-state index is 0.148. The van der Waals surface area contributed by atoms with Gasteiger partial charge in [-0.2, -0.15) is 0 Å². The van der Waals surface area contributed by atoms with Gasteiger partial charge in [0.1, 0.15) is 0 Å². The first-order valence-electron chi connectivity index (χ1n) is 17.4. The Kier molecular flexibility index (Phi) is 10.6. The summed E-state index contributed by atoms with van der Waals surface area (Å²) in [7, 11) is 0. The lowest BCUT2D eigenvalue weighted by Gasteiger charge is -2.49. The number of piperidine rings is 2. The first-order valence-corrected chi connectivity index (χ1v) is 17.4. The highest BCUT2D eigenvalue weighted by Gasteiger charge is 2.48. The molecule has 3 saturated heterocycles. The molecule has 3 fully saturated rings. The molecule has 2 aromatic carbocycles. The smallest absolute Gasteiger partial charge is 0.254 e. The molecule has 1 atom stereocenters. The molecule has 1 amide bonds. The van der Waals surface area contributed by atoms with E-state index in [4.69, 9.17) is 4.74 Å². The average molecular weight is 611 g/mol. The summed E-state index contributed by atoms with van der Waals surface area (Å²) in [5.74, 6) is 0.547. The van der Waals surface area contributed by atoms with Crippen molar-refractivity contribution in [2.45, 2.75) is 85.7 Å². The van der Waals surface area contributed by atoms with Crippen LogP contribution in [-0.4, -0.2) is 48.6 Å². The molecule has 5 heterocycles. The molecule has 5 aliphatic heterocycles. The molecule has 242 valence electrons. The normalized spacial score (nSPS) is 23.2. The average Bonchev–Trinajstić information content (AvgIpc) is 3.36. The van der Waals surface area contributed by atoms with Gasteiger partial charge in [-0.15, -0.1) is 0 Å². The maximum absolute atomic E-state index is 13.7. The summed E-state index contributed by atoms with van der Waals surface area (Å²) >= 11 is 0. The largest absolute Gasteiger partial charge is 0.381 e. The van der Waals surface area contributed by atoms with Gasteiger partial charge in [0.2, 0.25) is 0 Å². The quantitative estimate of drug-likeness (QED) is 0.375. The number of nitrogens with zero attached hydrogens (tertiary/aromatic N) is 3. The van der Waals surface area contributed by atoms with Crippen LogP contribution in [0.25, 0.3) is 0 Å². The van der Waals surface area contributed by atoms with E-state index in [-0.39, 0.29) is 11.9 Å². The predicted molar refractivity (Wildman–Crippen MR) is 187 cm³/mol. The van der Waals surface area contributed by atoms with Gasteiger partial charge in [0, 0.05) is 43.5 Å². The van der Waals surface area contributed by atoms with Gasteiger partial charge in [-0.05, 0) is 87.2 Å². The van der Waals surface area contributed by atoms with E-state index in [1.165, 1.54) is 24.0 Å². The van der Waals surface area contributed by atoms with Crippen molar-refractivity contribution in [1.82, 2.24) is 9.80 Å². The highest BCUT2D eigenvalue weighted by Crippen LogP contribution is 2.54. The predicted octanol–water partition coefficient (Wildman–Crippen LogP) is 8.90. The van der Waals surface area contributed by atoms with Crippen molar-refractivity contribution in [2.24, 2.45) is 11.3 Å². The van der Waals surface area contributed by atoms with Crippen LogP contribution in [0.3, 0.4) is 0 Å². The standard InChI is InChI=1S/C35H42N4O2.2C2H6/c1-4-31-24(2)36-30-20-29-28(21-32(30)39(31)25(3)27-10-18-41-19-11-27)33-22-35(14-17-38(33)34(29)40)12-15-37(16-13-35)23-26-8-6-5-7-9-26;2*1-2/h4-9,20-21,27,33,36H,2-3,10-19,22-23H2,1H3;2*1-2H3/b31-4-;;. The molecule has 0 aliphatic carbocycles. The van der Waals surface area contributed by atoms with Gasteiger partial charge < -0.3 is 19.9 Å². The number of carbonyl (C=O) groups is 1. The third kappa shape index (κ3) is 6.37. The molecule has 6 nitrogen and oxygen atoms in total. The second-order valence-electron chi connectivity index (χ2n) is 12.7. The monoisotopic (exact) mass is 610 g/mol. The molecular formula is C39H54N4O2. The van der Waals surface area contributed by atoms with Crippen LogP contribution in [0.5, 0.6) is 0 Å². The molecule has 1 N–H and O–H groups in total. The molecule has 2 aromatic rings. The van der Waals surface area contributed by atoms with Crippen molar-refractivity contribution in [3.63, 3.8) is 0 Å². The van der Waals surface area contributed by atoms with Gasteiger partial charge in [-0.3, -0.25) is 9.69 Å². The number of ether oxygens (including phenoxy) is 1. The van der Waals surface area contributed by atoms with Crippen LogP contribution in [0.15, 0.2) is 78.8 Å². The molecule has 6 heteroatoms. The van der Waals surface area contributed by atoms with Crippen molar-refractivity contribution < 1.29 is 9.53 Å². The minimum absolute atomic E-state index is 0.148. The molecule has 7 rings (SSSR count). The highest BCUT2D eigenvalue weighted by molar-refractivity contribution is 6.02. The van der Waals surface area contributed by atoms with Crippen molar-refractivity contribution >= 4 is 17.3 Å². The fourth-order valence-corrected chi connectivity index (χ4v) is 7.96. The van der Waals surface area contributed by atoms with Crippen LogP contribution in [0, 0.1) is 11.3 Å². The van der Waals surface area contributed by atoms with Gasteiger partial charge in [0.25, 0.3) is 5.91 Å². The van der Waals surface area contributed by atoms with Gasteiger partial charge >= 0.3 is 0 Å². The van der Waals surface area contributed by atoms with Gasteiger partial charge in [0.05, 0.1) is 28.8 Å². The zero-order chi connectivity index (χ0) is 32.1. The number of nitrogens with one attached hydrogen (secondary N) is 1. The lowest BCUT2D eigenvalue weighted by Crippen LogP contribution is -2.47. The minimum Gasteiger partial charge on any atom is -0.381 e. The summed E-state index contributed by atoms with van der Waals surface area (Å²) in [6.45, 7) is 24.7. The summed E-state index contributed by atoms with van der Waals surface area (Å²) in [6, 6.07) is 15.3. The van der Waals surface area contributed by atoms with Crippen molar-refractivity contribution in [3.05, 3.63) is 95.5 Å². The van der Waals surface area contributed by atoms with Crippen LogP contribution < -0.4 is 10.2 Å². The van der Waals surface area contributed by atoms with E-state index in [0.29, 0.717) is 11.3 Å². The van der Waals surface area contributed by atoms with Gasteiger partial charge in [-0.1, -0.05) is 77.3 Å². The summed E-state index contributed by atoms with van der Waals surface area (Å²) in [5, 5.41) is 3.52. The van der Waals surface area contributed by atoms with Crippen LogP contribution in [0.4, 0.5) is 11.4 Å². The lowest BCUT2D eigenvalue weighted by atomic mass is 9.68. The molecular weight excluding hydrogens is 556 g/mol. The molecule has 0 saturated carbocycles. The fraction of sp³-hybridized carbons (Fsp3) is 0.513. The highest BCUT2D eigenvalue weighted by atomic mass is 16.5. The number of anilines is 2. The third-order valence-corrected chi connectivity index (χ3v) is 10.4. The number of hydrogen-bond donors (Lipinski definition) is 1. The third-order valence-electron chi connectivity index (χ3n) is 10.4.